The van der Waals surface area contributed by atoms with Gasteiger partial charge in [0.05, 0.1) is 0 Å². The van der Waals surface area contributed by atoms with E-state index in [1.54, 1.807) is 0 Å². The van der Waals surface area contributed by atoms with Crippen molar-refractivity contribution in [2.75, 3.05) is 5.32 Å². The summed E-state index contributed by atoms with van der Waals surface area (Å²) < 4.78 is 65.7. The van der Waals surface area contributed by atoms with E-state index in [4.69, 9.17) is 5.11 Å². The highest BCUT2D eigenvalue weighted by Crippen LogP contribution is 2.32. The number of nitrogens with zero attached hydrogens (tertiary/aromatic N) is 1. The second-order valence-electron chi connectivity index (χ2n) is 3.80. The first-order chi connectivity index (χ1) is 9.73. The van der Waals surface area contributed by atoms with E-state index in [-0.39, 0.29) is 15.7 Å². The van der Waals surface area contributed by atoms with E-state index in [1.165, 1.54) is 6.92 Å². The lowest BCUT2D eigenvalue weighted by Crippen LogP contribution is -2.07. The van der Waals surface area contributed by atoms with E-state index in [1.807, 2.05) is 5.32 Å². The molecule has 4 nitrogen and oxygen atoms in total. The average Bonchev–Trinajstić information content (AvgIpc) is 2.80. The van der Waals surface area contributed by atoms with Gasteiger partial charge in [-0.05, 0) is 6.92 Å². The second kappa shape index (κ2) is 5.28. The van der Waals surface area contributed by atoms with Crippen LogP contribution in [0.5, 0.6) is 0 Å². The first-order valence-corrected chi connectivity index (χ1v) is 6.04. The van der Waals surface area contributed by atoms with Gasteiger partial charge in [-0.25, -0.2) is 31.7 Å². The summed E-state index contributed by atoms with van der Waals surface area (Å²) in [5, 5.41) is 10.4. The number of hydrogen-bond acceptors (Lipinski definition) is 4. The summed E-state index contributed by atoms with van der Waals surface area (Å²) in [6.07, 6.45) is 0. The molecule has 2 aromatic rings. The summed E-state index contributed by atoms with van der Waals surface area (Å²) in [5.74, 6) is -12.0. The lowest BCUT2D eigenvalue weighted by Gasteiger charge is -2.08. The number of carboxylic acids is 1. The van der Waals surface area contributed by atoms with Crippen molar-refractivity contribution in [3.63, 3.8) is 0 Å². The maximum Gasteiger partial charge on any atom is 0.355 e. The fourth-order valence-corrected chi connectivity index (χ4v) is 2.28. The number of thiazole rings is 1. The van der Waals surface area contributed by atoms with Crippen LogP contribution in [-0.4, -0.2) is 16.1 Å². The topological polar surface area (TPSA) is 62.2 Å². The summed E-state index contributed by atoms with van der Waals surface area (Å²) in [4.78, 5) is 14.5. The van der Waals surface area contributed by atoms with Gasteiger partial charge in [0.2, 0.25) is 5.82 Å². The van der Waals surface area contributed by atoms with E-state index in [9.17, 15) is 26.7 Å². The number of aromatic carboxylic acids is 1. The molecule has 0 aliphatic carbocycles. The molecule has 1 aromatic heterocycles. The van der Waals surface area contributed by atoms with Crippen molar-refractivity contribution in [1.29, 1.82) is 0 Å². The third kappa shape index (κ3) is 2.53. The predicted octanol–water partition coefficient (Wildman–Crippen LogP) is 3.59. The standard InChI is InChI=1S/C11H5F5N2O2S/c1-2-8(10(19)20)17-11(21-2)18-9-6(15)4(13)3(12)5(14)7(9)16/h1H3,(H,17,18)(H,19,20). The molecule has 2 N–H and O–H groups in total. The van der Waals surface area contributed by atoms with Crippen LogP contribution in [0.15, 0.2) is 0 Å². The zero-order chi connectivity index (χ0) is 15.9. The number of halogens is 5. The van der Waals surface area contributed by atoms with Gasteiger partial charge in [0.1, 0.15) is 5.69 Å². The minimum Gasteiger partial charge on any atom is -0.476 e. The Morgan fingerprint density at radius 1 is 1.05 bits per heavy atom. The molecule has 1 heterocycles. The zero-order valence-corrected chi connectivity index (χ0v) is 10.9. The van der Waals surface area contributed by atoms with Gasteiger partial charge in [-0.15, -0.1) is 11.3 Å². The number of carbonyl (C=O) groups is 1. The summed E-state index contributed by atoms with van der Waals surface area (Å²) in [7, 11) is 0. The van der Waals surface area contributed by atoms with Gasteiger partial charge >= 0.3 is 5.97 Å². The maximum absolute atomic E-state index is 13.4. The normalized spacial score (nSPS) is 10.8. The summed E-state index contributed by atoms with van der Waals surface area (Å²) >= 11 is 0.696. The molecule has 0 saturated carbocycles. The van der Waals surface area contributed by atoms with Crippen molar-refractivity contribution in [3.05, 3.63) is 39.7 Å². The first kappa shape index (κ1) is 15.2. The number of aromatic nitrogens is 1. The monoisotopic (exact) mass is 324 g/mol. The molecule has 0 amide bonds. The van der Waals surface area contributed by atoms with Crippen LogP contribution in [0.2, 0.25) is 0 Å². The minimum absolute atomic E-state index is 0.203. The number of carboxylic acid groups (broad SMARTS) is 1. The SMILES string of the molecule is Cc1sc(Nc2c(F)c(F)c(F)c(F)c2F)nc1C(=O)O. The highest BCUT2D eigenvalue weighted by Gasteiger charge is 2.26. The third-order valence-corrected chi connectivity index (χ3v) is 3.33. The van der Waals surface area contributed by atoms with Crippen molar-refractivity contribution in [2.45, 2.75) is 6.92 Å². The Labute approximate surface area is 117 Å². The predicted molar refractivity (Wildman–Crippen MR) is 63.3 cm³/mol. The van der Waals surface area contributed by atoms with Crippen molar-refractivity contribution >= 4 is 28.1 Å². The van der Waals surface area contributed by atoms with Crippen LogP contribution in [0.1, 0.15) is 15.4 Å². The molecule has 0 unspecified atom stereocenters. The molecule has 112 valence electrons. The summed E-state index contributed by atoms with van der Waals surface area (Å²) in [6, 6.07) is 0. The number of aryl methyl sites for hydroxylation is 1. The molecule has 21 heavy (non-hydrogen) atoms. The first-order valence-electron chi connectivity index (χ1n) is 5.23. The van der Waals surface area contributed by atoms with E-state index < -0.39 is 40.7 Å². The molecule has 0 radical (unpaired) electrons. The van der Waals surface area contributed by atoms with Crippen molar-refractivity contribution in [1.82, 2.24) is 4.98 Å². The van der Waals surface area contributed by atoms with Gasteiger partial charge in [-0.2, -0.15) is 0 Å². The quantitative estimate of drug-likeness (QED) is 0.514. The molecule has 10 heteroatoms. The summed E-state index contributed by atoms with van der Waals surface area (Å²) in [5.41, 5.74) is -1.68. The van der Waals surface area contributed by atoms with Crippen molar-refractivity contribution in [2.24, 2.45) is 0 Å². The largest absolute Gasteiger partial charge is 0.476 e. The molecular weight excluding hydrogens is 319 g/mol. The number of anilines is 2. The lowest BCUT2D eigenvalue weighted by molar-refractivity contribution is 0.0690. The number of hydrogen-bond donors (Lipinski definition) is 2. The van der Waals surface area contributed by atoms with Crippen LogP contribution < -0.4 is 5.32 Å². The second-order valence-corrected chi connectivity index (χ2v) is 5.00. The van der Waals surface area contributed by atoms with Gasteiger partial charge in [0.15, 0.2) is 34.1 Å². The van der Waals surface area contributed by atoms with E-state index in [0.29, 0.717) is 11.3 Å². The van der Waals surface area contributed by atoms with Gasteiger partial charge in [0, 0.05) is 4.88 Å². The van der Waals surface area contributed by atoms with Crippen LogP contribution in [0.25, 0.3) is 0 Å². The Morgan fingerprint density at radius 2 is 1.52 bits per heavy atom. The molecule has 0 aliphatic heterocycles. The van der Waals surface area contributed by atoms with E-state index in [0.717, 1.165) is 0 Å². The van der Waals surface area contributed by atoms with Crippen molar-refractivity contribution in [3.8, 4) is 0 Å². The molecule has 0 bridgehead atoms. The molecule has 0 spiro atoms. The fraction of sp³-hybridized carbons (Fsp3) is 0.0909. The fourth-order valence-electron chi connectivity index (χ4n) is 1.47. The molecule has 0 fully saturated rings. The number of rotatable bonds is 3. The Hall–Kier alpha value is -2.23. The van der Waals surface area contributed by atoms with Gasteiger partial charge < -0.3 is 10.4 Å². The highest BCUT2D eigenvalue weighted by atomic mass is 32.1. The Kier molecular flexibility index (Phi) is 3.81. The molecule has 1 aromatic carbocycles. The zero-order valence-electron chi connectivity index (χ0n) is 10.1. The maximum atomic E-state index is 13.4. The van der Waals surface area contributed by atoms with Crippen LogP contribution >= 0.6 is 11.3 Å². The Balaban J connectivity index is 2.50. The van der Waals surface area contributed by atoms with Gasteiger partial charge in [0.25, 0.3) is 0 Å². The van der Waals surface area contributed by atoms with Crippen LogP contribution in [0, 0.1) is 36.0 Å². The lowest BCUT2D eigenvalue weighted by atomic mass is 10.2. The van der Waals surface area contributed by atoms with Gasteiger partial charge in [-0.3, -0.25) is 0 Å². The molecule has 0 saturated heterocycles. The minimum atomic E-state index is -2.28. The van der Waals surface area contributed by atoms with E-state index in [2.05, 4.69) is 4.98 Å². The van der Waals surface area contributed by atoms with Crippen LogP contribution in [0.3, 0.4) is 0 Å². The van der Waals surface area contributed by atoms with Crippen LogP contribution in [-0.2, 0) is 0 Å². The molecule has 0 aliphatic rings. The summed E-state index contributed by atoms with van der Waals surface area (Å²) in [6.45, 7) is 1.38. The van der Waals surface area contributed by atoms with Crippen molar-refractivity contribution < 1.29 is 31.9 Å². The third-order valence-electron chi connectivity index (χ3n) is 2.44. The Morgan fingerprint density at radius 3 is 1.95 bits per heavy atom. The smallest absolute Gasteiger partial charge is 0.355 e. The number of benzene rings is 1. The average molecular weight is 324 g/mol. The Bertz CT molecular complexity index is 718. The highest BCUT2D eigenvalue weighted by molar-refractivity contribution is 7.15. The molecule has 2 rings (SSSR count). The molecular formula is C11H5F5N2O2S. The molecule has 0 atom stereocenters. The number of nitrogens with one attached hydrogen (secondary N) is 1. The van der Waals surface area contributed by atoms with Gasteiger partial charge in [-0.1, -0.05) is 0 Å². The van der Waals surface area contributed by atoms with E-state index >= 15 is 0 Å². The van der Waals surface area contributed by atoms with Crippen LogP contribution in [0.4, 0.5) is 32.8 Å².